The summed E-state index contributed by atoms with van der Waals surface area (Å²) >= 11 is 0. The van der Waals surface area contributed by atoms with E-state index in [1.807, 2.05) is 5.32 Å². The number of fused-ring (bicyclic) bond motifs is 1. The van der Waals surface area contributed by atoms with Crippen LogP contribution in [-0.4, -0.2) is 33.9 Å². The van der Waals surface area contributed by atoms with Crippen LogP contribution < -0.4 is 10.6 Å². The number of rotatable bonds is 2. The predicted octanol–water partition coefficient (Wildman–Crippen LogP) is 2.70. The molecule has 1 aliphatic heterocycles. The molecule has 1 aliphatic rings. The monoisotopic (exact) mass is 371 g/mol. The summed E-state index contributed by atoms with van der Waals surface area (Å²) in [5.41, 5.74) is -8.23. The summed E-state index contributed by atoms with van der Waals surface area (Å²) in [6.45, 7) is 0. The normalized spacial score (nSPS) is 20.5. The predicted molar refractivity (Wildman–Crippen MR) is 70.5 cm³/mol. The van der Waals surface area contributed by atoms with E-state index in [2.05, 4.69) is 0 Å². The lowest BCUT2D eigenvalue weighted by Crippen LogP contribution is -2.56. The van der Waals surface area contributed by atoms with E-state index in [-0.39, 0.29) is 11.9 Å². The highest BCUT2D eigenvalue weighted by molar-refractivity contribution is 6.03. The van der Waals surface area contributed by atoms with Crippen molar-refractivity contribution in [2.24, 2.45) is 0 Å². The highest BCUT2D eigenvalue weighted by Gasteiger charge is 2.62. The second kappa shape index (κ2) is 5.61. The number of Topliss-reactive ketones (excluding diaryl/α,β-unsaturated/α-hetero) is 1. The van der Waals surface area contributed by atoms with Gasteiger partial charge in [-0.3, -0.25) is 14.9 Å². The SMILES string of the molecule is O=C(C1=CNc2ccc([N+](=O)[O-])cc2NC1(O)C(F)(F)F)C(F)(F)F. The van der Waals surface area contributed by atoms with Crippen LogP contribution in [0.4, 0.5) is 43.4 Å². The van der Waals surface area contributed by atoms with Crippen LogP contribution in [0.15, 0.2) is 30.0 Å². The van der Waals surface area contributed by atoms with Gasteiger partial charge in [-0.15, -0.1) is 0 Å². The lowest BCUT2D eigenvalue weighted by atomic mass is 9.98. The Morgan fingerprint density at radius 2 is 1.76 bits per heavy atom. The zero-order chi connectivity index (χ0) is 19.2. The number of halogens is 6. The summed E-state index contributed by atoms with van der Waals surface area (Å²) in [6, 6.07) is 2.33. The molecule has 0 bridgehead atoms. The van der Waals surface area contributed by atoms with Crippen LogP contribution in [0.1, 0.15) is 0 Å². The number of alkyl halides is 6. The third-order valence-electron chi connectivity index (χ3n) is 3.20. The lowest BCUT2D eigenvalue weighted by Gasteiger charge is -2.32. The van der Waals surface area contributed by atoms with E-state index in [0.29, 0.717) is 6.07 Å². The Bertz CT molecular complexity index is 773. The van der Waals surface area contributed by atoms with Gasteiger partial charge in [-0.25, -0.2) is 0 Å². The number of non-ortho nitro benzene ring substituents is 1. The fraction of sp³-hybridized carbons (Fsp3) is 0.250. The maximum atomic E-state index is 13.2. The number of hydrogen-bond donors (Lipinski definition) is 3. The third-order valence-corrected chi connectivity index (χ3v) is 3.20. The first kappa shape index (κ1) is 18.5. The number of nitrogens with zero attached hydrogens (tertiary/aromatic N) is 1. The zero-order valence-corrected chi connectivity index (χ0v) is 11.7. The third kappa shape index (κ3) is 3.22. The number of nitro groups is 1. The molecule has 1 aromatic rings. The summed E-state index contributed by atoms with van der Waals surface area (Å²) in [6.07, 6.45) is -11.4. The highest BCUT2D eigenvalue weighted by atomic mass is 19.4. The zero-order valence-electron chi connectivity index (χ0n) is 11.7. The van der Waals surface area contributed by atoms with Gasteiger partial charge in [-0.2, -0.15) is 26.3 Å². The number of aliphatic hydroxyl groups is 1. The number of nitro benzene ring substituents is 1. The molecule has 0 saturated heterocycles. The first-order chi connectivity index (χ1) is 11.3. The molecule has 0 radical (unpaired) electrons. The molecule has 7 nitrogen and oxygen atoms in total. The summed E-state index contributed by atoms with van der Waals surface area (Å²) in [5.74, 6) is -2.94. The number of ketones is 1. The minimum absolute atomic E-state index is 0.0496. The Balaban J connectivity index is 2.64. The van der Waals surface area contributed by atoms with Gasteiger partial charge in [-0.05, 0) is 6.07 Å². The van der Waals surface area contributed by atoms with Crippen molar-refractivity contribution in [1.82, 2.24) is 0 Å². The van der Waals surface area contributed by atoms with E-state index in [1.165, 1.54) is 5.32 Å². The largest absolute Gasteiger partial charge is 0.454 e. The van der Waals surface area contributed by atoms with Gasteiger partial charge in [0.1, 0.15) is 0 Å². The van der Waals surface area contributed by atoms with Crippen molar-refractivity contribution in [3.8, 4) is 0 Å². The van der Waals surface area contributed by atoms with E-state index < -0.39 is 45.7 Å². The first-order valence-electron chi connectivity index (χ1n) is 6.22. The van der Waals surface area contributed by atoms with Crippen LogP contribution in [0.3, 0.4) is 0 Å². The van der Waals surface area contributed by atoms with Gasteiger partial charge in [0.05, 0.1) is 21.9 Å². The maximum Gasteiger partial charge on any atom is 0.454 e. The average Bonchev–Trinajstić information content (AvgIpc) is 2.60. The molecule has 0 saturated carbocycles. The number of hydrogen-bond acceptors (Lipinski definition) is 6. The summed E-state index contributed by atoms with van der Waals surface area (Å²) < 4.78 is 77.4. The second-order valence-electron chi connectivity index (χ2n) is 4.85. The summed E-state index contributed by atoms with van der Waals surface area (Å²) in [7, 11) is 0. The molecular formula is C12H7F6N3O4. The van der Waals surface area contributed by atoms with Crippen molar-refractivity contribution in [3.05, 3.63) is 40.1 Å². The van der Waals surface area contributed by atoms with Gasteiger partial charge in [0, 0.05) is 18.3 Å². The maximum absolute atomic E-state index is 13.2. The van der Waals surface area contributed by atoms with Crippen molar-refractivity contribution >= 4 is 22.8 Å². The first-order valence-corrected chi connectivity index (χ1v) is 6.22. The van der Waals surface area contributed by atoms with Gasteiger partial charge in [0.15, 0.2) is 0 Å². The van der Waals surface area contributed by atoms with Crippen LogP contribution in [0.2, 0.25) is 0 Å². The van der Waals surface area contributed by atoms with Crippen molar-refractivity contribution < 1.29 is 41.2 Å². The molecular weight excluding hydrogens is 364 g/mol. The van der Waals surface area contributed by atoms with Gasteiger partial charge in [0.25, 0.3) is 17.2 Å². The fourth-order valence-corrected chi connectivity index (χ4v) is 2.00. The molecule has 3 N–H and O–H groups in total. The molecule has 0 fully saturated rings. The van der Waals surface area contributed by atoms with Crippen LogP contribution in [0, 0.1) is 10.1 Å². The quantitative estimate of drug-likeness (QED) is 0.420. The van der Waals surface area contributed by atoms with E-state index >= 15 is 0 Å². The molecule has 1 unspecified atom stereocenters. The van der Waals surface area contributed by atoms with Crippen molar-refractivity contribution in [2.45, 2.75) is 18.1 Å². The van der Waals surface area contributed by atoms with Gasteiger partial charge in [-0.1, -0.05) is 0 Å². The Labute approximate surface area is 134 Å². The van der Waals surface area contributed by atoms with E-state index in [4.69, 9.17) is 0 Å². The summed E-state index contributed by atoms with van der Waals surface area (Å²) in [4.78, 5) is 21.0. The topological polar surface area (TPSA) is 104 Å². The molecule has 1 atom stereocenters. The lowest BCUT2D eigenvalue weighted by molar-refractivity contribution is -0.384. The van der Waals surface area contributed by atoms with E-state index in [9.17, 15) is 46.4 Å². The van der Waals surface area contributed by atoms with Gasteiger partial charge in [0.2, 0.25) is 0 Å². The molecule has 25 heavy (non-hydrogen) atoms. The summed E-state index contributed by atoms with van der Waals surface area (Å²) in [5, 5.41) is 23.9. The second-order valence-corrected chi connectivity index (χ2v) is 4.85. The Morgan fingerprint density at radius 1 is 1.16 bits per heavy atom. The molecule has 0 spiro atoms. The van der Waals surface area contributed by atoms with Crippen LogP contribution in [0.5, 0.6) is 0 Å². The number of carbonyl (C=O) groups is 1. The van der Waals surface area contributed by atoms with Crippen LogP contribution in [0.25, 0.3) is 0 Å². The molecule has 1 aromatic carbocycles. The molecule has 1 heterocycles. The smallest absolute Gasteiger partial charge is 0.360 e. The average molecular weight is 371 g/mol. The van der Waals surface area contributed by atoms with E-state index in [1.54, 1.807) is 0 Å². The van der Waals surface area contributed by atoms with Gasteiger partial charge < -0.3 is 15.7 Å². The molecule has 136 valence electrons. The number of carbonyl (C=O) groups excluding carboxylic acids is 1. The van der Waals surface area contributed by atoms with Crippen LogP contribution >= 0.6 is 0 Å². The molecule has 2 rings (SSSR count). The Hall–Kier alpha value is -2.83. The molecule has 0 aromatic heterocycles. The minimum Gasteiger partial charge on any atom is -0.360 e. The van der Waals surface area contributed by atoms with Crippen molar-refractivity contribution in [2.75, 3.05) is 10.6 Å². The number of anilines is 2. The van der Waals surface area contributed by atoms with Crippen molar-refractivity contribution in [1.29, 1.82) is 0 Å². The molecule has 0 aliphatic carbocycles. The Morgan fingerprint density at radius 3 is 2.24 bits per heavy atom. The van der Waals surface area contributed by atoms with Gasteiger partial charge >= 0.3 is 12.4 Å². The minimum atomic E-state index is -5.76. The standard InChI is InChI=1S/C12H7F6N3O4/c13-11(14,15)9(22)6-4-19-7-2-1-5(21(24)25)3-8(7)20-10(6,23)12(16,17)18/h1-4,19-20,23H. The van der Waals surface area contributed by atoms with Crippen molar-refractivity contribution in [3.63, 3.8) is 0 Å². The van der Waals surface area contributed by atoms with E-state index in [0.717, 1.165) is 12.1 Å². The number of nitrogens with one attached hydrogen (secondary N) is 2. The number of benzene rings is 1. The molecule has 13 heteroatoms. The highest BCUT2D eigenvalue weighted by Crippen LogP contribution is 2.43. The Kier molecular flexibility index (Phi) is 4.16. The molecule has 0 amide bonds. The van der Waals surface area contributed by atoms with Crippen LogP contribution in [-0.2, 0) is 4.79 Å². The fourth-order valence-electron chi connectivity index (χ4n) is 2.00.